The topological polar surface area (TPSA) is 155 Å². The fourth-order valence-electron chi connectivity index (χ4n) is 8.29. The average molecular weight is 987 g/mol. The van der Waals surface area contributed by atoms with Gasteiger partial charge in [0.25, 0.3) is 0 Å². The van der Waals surface area contributed by atoms with Gasteiger partial charge in [-0.2, -0.15) is 0 Å². The summed E-state index contributed by atoms with van der Waals surface area (Å²) in [6.07, 6.45) is 48.9. The van der Waals surface area contributed by atoms with Crippen LogP contribution in [0.5, 0.6) is 0 Å². The first kappa shape index (κ1) is 66.2. The maximum atomic E-state index is 12.9. The Morgan fingerprint density at radius 2 is 0.676 bits per heavy atom. The van der Waals surface area contributed by atoms with E-state index < -0.39 is 57.8 Å². The lowest BCUT2D eigenvalue weighted by Crippen LogP contribution is -2.30. The lowest BCUT2D eigenvalue weighted by atomic mass is 10.0. The Labute approximate surface area is 417 Å². The molecule has 68 heavy (non-hydrogen) atoms. The molecule has 3 unspecified atom stereocenters. The average Bonchev–Trinajstić information content (AvgIpc) is 3.32. The zero-order valence-electron chi connectivity index (χ0n) is 44.4. The minimum absolute atomic E-state index is 0.173. The monoisotopic (exact) mass is 987 g/mol. The predicted molar refractivity (Wildman–Crippen MR) is 280 cm³/mol. The van der Waals surface area contributed by atoms with Crippen molar-refractivity contribution < 1.29 is 52.2 Å². The van der Waals surface area contributed by atoms with Crippen molar-refractivity contribution >= 4 is 25.7 Å². The fourth-order valence-corrected chi connectivity index (χ4v) is 9.08. The number of carbonyl (C=O) groups excluding carboxylic acids is 3. The van der Waals surface area contributed by atoms with Crippen molar-refractivity contribution in [2.24, 2.45) is 0 Å². The molecule has 402 valence electrons. The molecule has 12 heteroatoms. The van der Waals surface area contributed by atoms with Gasteiger partial charge in [0.2, 0.25) is 0 Å². The molecule has 0 aliphatic rings. The predicted octanol–water partition coefficient (Wildman–Crippen LogP) is 16.5. The van der Waals surface area contributed by atoms with E-state index in [4.69, 9.17) is 23.3 Å². The summed E-state index contributed by atoms with van der Waals surface area (Å²) < 4.78 is 39.4. The summed E-state index contributed by atoms with van der Waals surface area (Å²) in [7, 11) is -4.73. The zero-order chi connectivity index (χ0) is 49.9. The van der Waals surface area contributed by atoms with Gasteiger partial charge in [0.15, 0.2) is 6.10 Å². The number of unbranched alkanes of at least 4 members (excludes halogenated alkanes) is 35. The van der Waals surface area contributed by atoms with E-state index in [0.29, 0.717) is 19.3 Å². The van der Waals surface area contributed by atoms with Gasteiger partial charge < -0.3 is 24.2 Å². The van der Waals surface area contributed by atoms with Gasteiger partial charge in [0, 0.05) is 19.3 Å². The van der Waals surface area contributed by atoms with Gasteiger partial charge in [-0.05, 0) is 44.9 Å². The molecular formula is C56H107O11P. The Kier molecular flexibility index (Phi) is 50.2. The summed E-state index contributed by atoms with van der Waals surface area (Å²) in [6, 6.07) is 0. The summed E-state index contributed by atoms with van der Waals surface area (Å²) >= 11 is 0. The molecule has 0 heterocycles. The van der Waals surface area contributed by atoms with Crippen molar-refractivity contribution in [3.05, 3.63) is 12.2 Å². The standard InChI is InChI=1S/C56H107O11P/c1-4-7-10-13-16-19-21-23-25-26-28-30-32-35-38-41-44-47-56(60)67-53(49-63-54(58)45-42-39-36-33-18-15-12-9-6-3)51-65-68(61,62)64-50-52(48-57)66-55(59)46-43-40-37-34-31-29-27-24-22-20-17-14-11-8-5-2/h24,27,52-53,57H,4-23,25-26,28-51H2,1-3H3,(H,61,62)/b27-24-. The first-order valence-electron chi connectivity index (χ1n) is 28.6. The van der Waals surface area contributed by atoms with Crippen molar-refractivity contribution in [2.75, 3.05) is 26.4 Å². The van der Waals surface area contributed by atoms with Crippen LogP contribution in [0.4, 0.5) is 0 Å². The third kappa shape index (κ3) is 49.2. The van der Waals surface area contributed by atoms with Crippen LogP contribution in [0, 0.1) is 0 Å². The van der Waals surface area contributed by atoms with Crippen LogP contribution < -0.4 is 0 Å². The zero-order valence-corrected chi connectivity index (χ0v) is 45.2. The highest BCUT2D eigenvalue weighted by Gasteiger charge is 2.28. The normalized spacial score (nSPS) is 13.4. The number of phosphoric acid groups is 1. The molecule has 0 spiro atoms. The number of aliphatic hydroxyl groups is 1. The Balaban J connectivity index is 4.60. The maximum absolute atomic E-state index is 12.9. The number of phosphoric ester groups is 1. The number of carbonyl (C=O) groups is 3. The molecule has 0 rings (SSSR count). The first-order chi connectivity index (χ1) is 33.2. The summed E-state index contributed by atoms with van der Waals surface area (Å²) in [5, 5.41) is 9.79. The van der Waals surface area contributed by atoms with E-state index in [9.17, 15) is 28.9 Å². The molecular weight excluding hydrogens is 880 g/mol. The number of ether oxygens (including phenoxy) is 3. The highest BCUT2D eigenvalue weighted by atomic mass is 31.2. The third-order valence-corrected chi connectivity index (χ3v) is 13.6. The van der Waals surface area contributed by atoms with E-state index in [2.05, 4.69) is 32.9 Å². The van der Waals surface area contributed by atoms with Crippen LogP contribution in [-0.2, 0) is 42.2 Å². The van der Waals surface area contributed by atoms with Gasteiger partial charge in [-0.25, -0.2) is 4.57 Å². The summed E-state index contributed by atoms with van der Waals surface area (Å²) in [5.41, 5.74) is 0. The molecule has 0 aliphatic carbocycles. The van der Waals surface area contributed by atoms with Gasteiger partial charge in [0.05, 0.1) is 19.8 Å². The molecule has 0 amide bonds. The van der Waals surface area contributed by atoms with Crippen molar-refractivity contribution in [1.29, 1.82) is 0 Å². The van der Waals surface area contributed by atoms with Crippen molar-refractivity contribution in [2.45, 2.75) is 303 Å². The molecule has 0 fully saturated rings. The van der Waals surface area contributed by atoms with Crippen molar-refractivity contribution in [1.82, 2.24) is 0 Å². The first-order valence-corrected chi connectivity index (χ1v) is 30.1. The minimum atomic E-state index is -4.73. The van der Waals surface area contributed by atoms with Crippen LogP contribution >= 0.6 is 7.82 Å². The Morgan fingerprint density at radius 3 is 1.01 bits per heavy atom. The molecule has 0 saturated carbocycles. The van der Waals surface area contributed by atoms with Crippen LogP contribution in [0.15, 0.2) is 12.2 Å². The van der Waals surface area contributed by atoms with Gasteiger partial charge in [-0.3, -0.25) is 23.4 Å². The van der Waals surface area contributed by atoms with Gasteiger partial charge >= 0.3 is 25.7 Å². The number of hydrogen-bond donors (Lipinski definition) is 2. The van der Waals surface area contributed by atoms with E-state index in [1.165, 1.54) is 154 Å². The van der Waals surface area contributed by atoms with Gasteiger partial charge in [-0.15, -0.1) is 0 Å². The second-order valence-electron chi connectivity index (χ2n) is 19.5. The van der Waals surface area contributed by atoms with Crippen LogP contribution in [0.2, 0.25) is 0 Å². The highest BCUT2D eigenvalue weighted by molar-refractivity contribution is 7.47. The van der Waals surface area contributed by atoms with E-state index in [1.807, 2.05) is 0 Å². The second kappa shape index (κ2) is 51.6. The Hall–Kier alpha value is -1.78. The lowest BCUT2D eigenvalue weighted by Gasteiger charge is -2.21. The smallest absolute Gasteiger partial charge is 0.462 e. The fraction of sp³-hybridized carbons (Fsp3) is 0.911. The third-order valence-electron chi connectivity index (χ3n) is 12.7. The van der Waals surface area contributed by atoms with E-state index >= 15 is 0 Å². The molecule has 0 aromatic heterocycles. The summed E-state index contributed by atoms with van der Waals surface area (Å²) in [4.78, 5) is 48.4. The highest BCUT2D eigenvalue weighted by Crippen LogP contribution is 2.43. The van der Waals surface area contributed by atoms with Crippen molar-refractivity contribution in [3.63, 3.8) is 0 Å². The van der Waals surface area contributed by atoms with Crippen LogP contribution in [0.25, 0.3) is 0 Å². The van der Waals surface area contributed by atoms with Crippen LogP contribution in [0.3, 0.4) is 0 Å². The lowest BCUT2D eigenvalue weighted by molar-refractivity contribution is -0.161. The number of rotatable bonds is 54. The van der Waals surface area contributed by atoms with Gasteiger partial charge in [-0.1, -0.05) is 238 Å². The van der Waals surface area contributed by atoms with E-state index in [0.717, 1.165) is 77.0 Å². The molecule has 0 aliphatic heterocycles. The van der Waals surface area contributed by atoms with E-state index in [-0.39, 0.29) is 25.9 Å². The molecule has 0 aromatic rings. The SMILES string of the molecule is CCCCCCCC/C=C\CCCCCCCC(=O)OC(CO)COP(=O)(O)OCC(COC(=O)CCCCCCCCCCC)OC(=O)CCCCCCCCCCCCCCCCCCC. The molecule has 0 radical (unpaired) electrons. The molecule has 0 aromatic carbocycles. The molecule has 3 atom stereocenters. The number of allylic oxidation sites excluding steroid dienone is 2. The maximum Gasteiger partial charge on any atom is 0.472 e. The second-order valence-corrected chi connectivity index (χ2v) is 20.9. The van der Waals surface area contributed by atoms with E-state index in [1.54, 1.807) is 0 Å². The molecule has 2 N–H and O–H groups in total. The number of aliphatic hydroxyl groups excluding tert-OH is 1. The quantitative estimate of drug-likeness (QED) is 0.0197. The molecule has 11 nitrogen and oxygen atoms in total. The molecule has 0 saturated heterocycles. The Morgan fingerprint density at radius 1 is 0.397 bits per heavy atom. The Bertz CT molecular complexity index is 1200. The minimum Gasteiger partial charge on any atom is -0.462 e. The van der Waals surface area contributed by atoms with Crippen molar-refractivity contribution in [3.8, 4) is 0 Å². The number of esters is 3. The largest absolute Gasteiger partial charge is 0.472 e. The van der Waals surface area contributed by atoms with Crippen LogP contribution in [0.1, 0.15) is 290 Å². The van der Waals surface area contributed by atoms with Gasteiger partial charge in [0.1, 0.15) is 12.7 Å². The number of hydrogen-bond acceptors (Lipinski definition) is 10. The summed E-state index contributed by atoms with van der Waals surface area (Å²) in [6.45, 7) is 4.66. The van der Waals surface area contributed by atoms with Crippen LogP contribution in [-0.4, -0.2) is 66.5 Å². The molecule has 0 bridgehead atoms. The summed E-state index contributed by atoms with van der Waals surface area (Å²) in [5.74, 6) is -1.45.